The summed E-state index contributed by atoms with van der Waals surface area (Å²) in [6.07, 6.45) is -0.0886. The topological polar surface area (TPSA) is 91.8 Å². The molecule has 2 aliphatic rings. The fourth-order valence-electron chi connectivity index (χ4n) is 3.36. The van der Waals surface area contributed by atoms with Crippen LogP contribution in [-0.4, -0.2) is 74.9 Å². The van der Waals surface area contributed by atoms with Gasteiger partial charge in [-0.2, -0.15) is 4.31 Å². The van der Waals surface area contributed by atoms with Crippen LogP contribution < -0.4 is 0 Å². The Bertz CT molecular complexity index is 923. The van der Waals surface area contributed by atoms with Crippen LogP contribution in [-0.2, 0) is 31.1 Å². The molecule has 0 N–H and O–H groups in total. The van der Waals surface area contributed by atoms with Crippen molar-refractivity contribution in [2.75, 3.05) is 37.7 Å². The molecule has 0 aromatic heterocycles. The molecule has 1 aromatic carbocycles. The third kappa shape index (κ3) is 4.44. The van der Waals surface area contributed by atoms with Crippen LogP contribution in [0.5, 0.6) is 0 Å². The molecule has 0 saturated carbocycles. The maximum atomic E-state index is 13.8. The molecule has 2 saturated heterocycles. The van der Waals surface area contributed by atoms with E-state index >= 15 is 0 Å². The average molecular weight is 439 g/mol. The van der Waals surface area contributed by atoms with Crippen molar-refractivity contribution in [2.45, 2.75) is 18.1 Å². The van der Waals surface area contributed by atoms with Gasteiger partial charge in [-0.05, 0) is 18.6 Å². The third-order valence-electron chi connectivity index (χ3n) is 4.95. The second-order valence-electron chi connectivity index (χ2n) is 6.73. The second kappa shape index (κ2) is 7.65. The van der Waals surface area contributed by atoms with E-state index < -0.39 is 30.9 Å². The summed E-state index contributed by atoms with van der Waals surface area (Å²) >= 11 is 5.94. The van der Waals surface area contributed by atoms with Gasteiger partial charge in [0.05, 0.1) is 23.2 Å². The Labute approximate surface area is 163 Å². The van der Waals surface area contributed by atoms with Gasteiger partial charge in [0, 0.05) is 36.8 Å². The lowest BCUT2D eigenvalue weighted by Crippen LogP contribution is -2.53. The van der Waals surface area contributed by atoms with Gasteiger partial charge in [-0.1, -0.05) is 17.7 Å². The number of carbonyl (C=O) groups excluding carboxylic acids is 1. The van der Waals surface area contributed by atoms with Crippen LogP contribution in [0.1, 0.15) is 12.0 Å². The molecule has 3 rings (SSSR count). The highest BCUT2D eigenvalue weighted by atomic mass is 35.5. The quantitative estimate of drug-likeness (QED) is 0.689. The zero-order valence-electron chi connectivity index (χ0n) is 14.5. The Morgan fingerprint density at radius 2 is 1.89 bits per heavy atom. The number of rotatable bonds is 4. The zero-order valence-corrected chi connectivity index (χ0v) is 16.9. The van der Waals surface area contributed by atoms with Gasteiger partial charge < -0.3 is 4.90 Å². The number of carbonyl (C=O) groups is 1. The van der Waals surface area contributed by atoms with Crippen molar-refractivity contribution in [3.05, 3.63) is 34.6 Å². The van der Waals surface area contributed by atoms with Gasteiger partial charge in [-0.3, -0.25) is 4.79 Å². The number of hydrogen-bond donors (Lipinski definition) is 0. The Balaban J connectivity index is 1.61. The summed E-state index contributed by atoms with van der Waals surface area (Å²) < 4.78 is 63.5. The summed E-state index contributed by atoms with van der Waals surface area (Å²) in [6, 6.07) is 4.20. The number of piperazine rings is 1. The fourth-order valence-corrected chi connectivity index (χ4v) is 8.10. The molecule has 0 aliphatic carbocycles. The molecule has 2 aliphatic heterocycles. The number of halogens is 2. The Kier molecular flexibility index (Phi) is 5.81. The highest BCUT2D eigenvalue weighted by Gasteiger charge is 2.41. The number of nitrogens with zero attached hydrogens (tertiary/aromatic N) is 2. The predicted octanol–water partition coefficient (Wildman–Crippen LogP) is 0.683. The van der Waals surface area contributed by atoms with Crippen molar-refractivity contribution in [2.24, 2.45) is 0 Å². The van der Waals surface area contributed by atoms with Crippen LogP contribution in [0.25, 0.3) is 0 Å². The summed E-state index contributed by atoms with van der Waals surface area (Å²) in [5, 5.41) is -0.742. The molecule has 7 nitrogen and oxygen atoms in total. The third-order valence-corrected chi connectivity index (χ3v) is 9.62. The first kappa shape index (κ1) is 20.5. The molecule has 150 valence electrons. The Morgan fingerprint density at radius 1 is 1.22 bits per heavy atom. The molecule has 2 fully saturated rings. The van der Waals surface area contributed by atoms with Gasteiger partial charge in [0.2, 0.25) is 15.9 Å². The van der Waals surface area contributed by atoms with Crippen LogP contribution in [0.4, 0.5) is 4.39 Å². The first-order valence-electron chi connectivity index (χ1n) is 8.50. The standard InChI is InChI=1S/C16H20ClFN2O5S2/c17-14-2-1-3-15(18)13(14)10-16(21)19-5-7-20(8-6-19)27(24,25)12-4-9-26(22,23)11-12/h1-3,12H,4-11H2. The lowest BCUT2D eigenvalue weighted by molar-refractivity contribution is -0.131. The minimum Gasteiger partial charge on any atom is -0.340 e. The van der Waals surface area contributed by atoms with Crippen LogP contribution in [0.3, 0.4) is 0 Å². The van der Waals surface area contributed by atoms with E-state index in [4.69, 9.17) is 11.6 Å². The summed E-state index contributed by atoms with van der Waals surface area (Å²) in [5.41, 5.74) is 0.121. The molecular weight excluding hydrogens is 419 g/mol. The number of hydrogen-bond acceptors (Lipinski definition) is 5. The highest BCUT2D eigenvalue weighted by Crippen LogP contribution is 2.24. The van der Waals surface area contributed by atoms with Crippen molar-refractivity contribution in [1.82, 2.24) is 9.21 Å². The van der Waals surface area contributed by atoms with E-state index in [1.165, 1.54) is 27.4 Å². The van der Waals surface area contributed by atoms with Gasteiger partial charge in [-0.25, -0.2) is 21.2 Å². The largest absolute Gasteiger partial charge is 0.340 e. The van der Waals surface area contributed by atoms with Crippen LogP contribution in [0, 0.1) is 5.82 Å². The fraction of sp³-hybridized carbons (Fsp3) is 0.562. The van der Waals surface area contributed by atoms with E-state index in [2.05, 4.69) is 0 Å². The average Bonchev–Trinajstić information content (AvgIpc) is 2.99. The minimum atomic E-state index is -3.72. The number of sulfone groups is 1. The normalized spacial score (nSPS) is 23.5. The van der Waals surface area contributed by atoms with E-state index in [0.717, 1.165) is 0 Å². The maximum Gasteiger partial charge on any atom is 0.227 e. The lowest BCUT2D eigenvalue weighted by Gasteiger charge is -2.35. The molecule has 1 aromatic rings. The summed E-state index contributed by atoms with van der Waals surface area (Å²) in [6.45, 7) is 0.526. The molecule has 0 radical (unpaired) electrons. The predicted molar refractivity (Wildman–Crippen MR) is 99.2 cm³/mol. The van der Waals surface area contributed by atoms with E-state index in [0.29, 0.717) is 0 Å². The lowest BCUT2D eigenvalue weighted by atomic mass is 10.1. The highest BCUT2D eigenvalue weighted by molar-refractivity contribution is 7.95. The Morgan fingerprint density at radius 3 is 2.44 bits per heavy atom. The first-order valence-corrected chi connectivity index (χ1v) is 12.2. The second-order valence-corrected chi connectivity index (χ2v) is 11.6. The zero-order chi connectivity index (χ0) is 19.8. The van der Waals surface area contributed by atoms with Crippen LogP contribution >= 0.6 is 11.6 Å². The minimum absolute atomic E-state index is 0.0929. The van der Waals surface area contributed by atoms with Gasteiger partial charge in [0.25, 0.3) is 0 Å². The van der Waals surface area contributed by atoms with Crippen LogP contribution in [0.2, 0.25) is 5.02 Å². The SMILES string of the molecule is O=C(Cc1c(F)cccc1Cl)N1CCN(S(=O)(=O)C2CCS(=O)(=O)C2)CC1. The van der Waals surface area contributed by atoms with E-state index in [1.54, 1.807) is 0 Å². The molecule has 1 amide bonds. The first-order chi connectivity index (χ1) is 12.6. The van der Waals surface area contributed by atoms with Crippen molar-refractivity contribution >= 4 is 37.4 Å². The van der Waals surface area contributed by atoms with Crippen molar-refractivity contribution < 1.29 is 26.0 Å². The van der Waals surface area contributed by atoms with E-state index in [1.807, 2.05) is 0 Å². The van der Waals surface area contributed by atoms with Crippen molar-refractivity contribution in [1.29, 1.82) is 0 Å². The maximum absolute atomic E-state index is 13.8. The van der Waals surface area contributed by atoms with E-state index in [9.17, 15) is 26.0 Å². The van der Waals surface area contributed by atoms with Crippen molar-refractivity contribution in [3.63, 3.8) is 0 Å². The smallest absolute Gasteiger partial charge is 0.227 e. The summed E-state index contributed by atoms with van der Waals surface area (Å²) in [7, 11) is -7.02. The molecule has 2 heterocycles. The number of sulfonamides is 1. The molecular formula is C16H20ClFN2O5S2. The van der Waals surface area contributed by atoms with Gasteiger partial charge in [-0.15, -0.1) is 0 Å². The number of benzene rings is 1. The Hall–Kier alpha value is -1.23. The molecule has 1 unspecified atom stereocenters. The molecule has 0 spiro atoms. The molecule has 0 bridgehead atoms. The number of amides is 1. The van der Waals surface area contributed by atoms with Crippen molar-refractivity contribution in [3.8, 4) is 0 Å². The summed E-state index contributed by atoms with van der Waals surface area (Å²) in [4.78, 5) is 13.9. The van der Waals surface area contributed by atoms with Gasteiger partial charge in [0.15, 0.2) is 9.84 Å². The molecule has 1 atom stereocenters. The van der Waals surface area contributed by atoms with Crippen LogP contribution in [0.15, 0.2) is 18.2 Å². The molecule has 11 heteroatoms. The van der Waals surface area contributed by atoms with Gasteiger partial charge >= 0.3 is 0 Å². The van der Waals surface area contributed by atoms with Gasteiger partial charge in [0.1, 0.15) is 5.82 Å². The monoisotopic (exact) mass is 438 g/mol. The van der Waals surface area contributed by atoms with E-state index in [-0.39, 0.29) is 67.0 Å². The summed E-state index contributed by atoms with van der Waals surface area (Å²) in [5.74, 6) is -1.35. The molecule has 27 heavy (non-hydrogen) atoms.